The number of anilines is 1. The first-order valence-corrected chi connectivity index (χ1v) is 5.72. The Morgan fingerprint density at radius 3 is 2.53 bits per heavy atom. The van der Waals surface area contributed by atoms with Crippen LogP contribution in [0.2, 0.25) is 0 Å². The van der Waals surface area contributed by atoms with E-state index in [-0.39, 0.29) is 5.82 Å². The van der Waals surface area contributed by atoms with Gasteiger partial charge in [-0.05, 0) is 31.2 Å². The molecule has 0 bridgehead atoms. The van der Waals surface area contributed by atoms with Crippen molar-refractivity contribution in [1.82, 2.24) is 9.78 Å². The second kappa shape index (κ2) is 5.09. The molecule has 0 radical (unpaired) electrons. The van der Waals surface area contributed by atoms with E-state index in [4.69, 9.17) is 0 Å². The van der Waals surface area contributed by atoms with Gasteiger partial charge in [0.2, 0.25) is 0 Å². The topological polar surface area (TPSA) is 67.2 Å². The molecule has 0 saturated heterocycles. The molecule has 0 spiro atoms. The maximum Gasteiger partial charge on any atom is 0.330 e. The first kappa shape index (κ1) is 13.1. The van der Waals surface area contributed by atoms with Crippen LogP contribution in [0.5, 0.6) is 0 Å². The van der Waals surface area contributed by atoms with E-state index >= 15 is 0 Å². The molecule has 100 valence electrons. The number of carboxylic acids is 1. The molecular weight excluding hydrogens is 249 g/mol. The minimum atomic E-state index is -1.01. The molecule has 1 unspecified atom stereocenters. The molecule has 0 aliphatic carbocycles. The number of aryl methyl sites for hydroxylation is 1. The second-order valence-corrected chi connectivity index (χ2v) is 4.23. The Morgan fingerprint density at radius 2 is 2.05 bits per heavy atom. The summed E-state index contributed by atoms with van der Waals surface area (Å²) in [7, 11) is 1.75. The second-order valence-electron chi connectivity index (χ2n) is 4.23. The van der Waals surface area contributed by atoms with Gasteiger partial charge in [0.1, 0.15) is 5.82 Å². The lowest BCUT2D eigenvalue weighted by atomic mass is 10.1. The highest BCUT2D eigenvalue weighted by molar-refractivity contribution is 5.79. The van der Waals surface area contributed by atoms with E-state index in [1.807, 2.05) is 0 Å². The molecule has 0 saturated carbocycles. The van der Waals surface area contributed by atoms with Gasteiger partial charge in [-0.25, -0.2) is 9.18 Å². The van der Waals surface area contributed by atoms with Crippen molar-refractivity contribution in [2.24, 2.45) is 7.05 Å². The molecular formula is C13H14FN3O2. The van der Waals surface area contributed by atoms with E-state index in [1.165, 1.54) is 30.5 Å². The van der Waals surface area contributed by atoms with Crippen molar-refractivity contribution in [3.05, 3.63) is 47.5 Å². The number of benzene rings is 1. The number of hydrogen-bond acceptors (Lipinski definition) is 3. The molecule has 2 aromatic rings. The monoisotopic (exact) mass is 263 g/mol. The Bertz CT molecular complexity index is 592. The molecule has 1 aromatic carbocycles. The number of carboxylic acid groups (broad SMARTS) is 1. The Labute approximate surface area is 109 Å². The molecule has 0 aliphatic heterocycles. The lowest BCUT2D eigenvalue weighted by Crippen LogP contribution is -2.21. The zero-order chi connectivity index (χ0) is 14.0. The first-order chi connectivity index (χ1) is 8.99. The third-order valence-corrected chi connectivity index (χ3v) is 2.99. The summed E-state index contributed by atoms with van der Waals surface area (Å²) in [5.74, 6) is -1.38. The highest BCUT2D eigenvalue weighted by Gasteiger charge is 2.23. The quantitative estimate of drug-likeness (QED) is 0.886. The van der Waals surface area contributed by atoms with Crippen LogP contribution in [-0.4, -0.2) is 20.9 Å². The fraction of sp³-hybridized carbons (Fsp3) is 0.231. The van der Waals surface area contributed by atoms with Crippen molar-refractivity contribution in [3.63, 3.8) is 0 Å². The van der Waals surface area contributed by atoms with Crippen LogP contribution in [0.15, 0.2) is 30.5 Å². The molecule has 19 heavy (non-hydrogen) atoms. The molecule has 1 atom stereocenters. The largest absolute Gasteiger partial charge is 0.479 e. The Morgan fingerprint density at radius 1 is 1.42 bits per heavy atom. The van der Waals surface area contributed by atoms with Gasteiger partial charge in [0, 0.05) is 24.0 Å². The fourth-order valence-electron chi connectivity index (χ4n) is 1.78. The average molecular weight is 263 g/mol. The van der Waals surface area contributed by atoms with E-state index in [0.717, 1.165) is 5.69 Å². The maximum atomic E-state index is 12.8. The van der Waals surface area contributed by atoms with E-state index in [9.17, 15) is 14.3 Å². The third-order valence-electron chi connectivity index (χ3n) is 2.99. The van der Waals surface area contributed by atoms with Gasteiger partial charge in [0.05, 0.1) is 6.20 Å². The van der Waals surface area contributed by atoms with Gasteiger partial charge >= 0.3 is 5.97 Å². The highest BCUT2D eigenvalue weighted by atomic mass is 19.1. The van der Waals surface area contributed by atoms with Crippen molar-refractivity contribution >= 4 is 11.7 Å². The Kier molecular flexibility index (Phi) is 3.50. The summed E-state index contributed by atoms with van der Waals surface area (Å²) < 4.78 is 14.4. The van der Waals surface area contributed by atoms with Crippen LogP contribution >= 0.6 is 0 Å². The zero-order valence-corrected chi connectivity index (χ0v) is 10.6. The number of aromatic nitrogens is 2. The molecule has 1 heterocycles. The maximum absolute atomic E-state index is 12.8. The molecule has 1 aromatic heterocycles. The predicted molar refractivity (Wildman–Crippen MR) is 68.3 cm³/mol. The van der Waals surface area contributed by atoms with Gasteiger partial charge in [-0.15, -0.1) is 0 Å². The summed E-state index contributed by atoms with van der Waals surface area (Å²) in [6.45, 7) is 1.80. The zero-order valence-electron chi connectivity index (χ0n) is 10.6. The molecule has 0 fully saturated rings. The van der Waals surface area contributed by atoms with Gasteiger partial charge in [-0.2, -0.15) is 5.10 Å². The average Bonchev–Trinajstić information content (AvgIpc) is 2.69. The molecule has 0 aliphatic rings. The number of aliphatic carboxylic acids is 1. The van der Waals surface area contributed by atoms with Crippen molar-refractivity contribution in [3.8, 4) is 0 Å². The molecule has 6 heteroatoms. The standard InChI is InChI=1S/C13H14FN3O2/c1-8-11(7-15-17(8)2)12(13(18)19)16-10-5-3-9(14)4-6-10/h3-7,12,16H,1-2H3,(H,18,19). The molecule has 0 amide bonds. The minimum absolute atomic E-state index is 0.366. The number of nitrogens with zero attached hydrogens (tertiary/aromatic N) is 2. The SMILES string of the molecule is Cc1c(C(Nc2ccc(F)cc2)C(=O)O)cnn1C. The third kappa shape index (κ3) is 2.73. The van der Waals surface area contributed by atoms with Crippen molar-refractivity contribution in [2.75, 3.05) is 5.32 Å². The number of halogens is 1. The van der Waals surface area contributed by atoms with Gasteiger partial charge in [0.25, 0.3) is 0 Å². The molecule has 2 rings (SSSR count). The summed E-state index contributed by atoms with van der Waals surface area (Å²) in [6, 6.07) is 4.63. The van der Waals surface area contributed by atoms with Crippen molar-refractivity contribution in [2.45, 2.75) is 13.0 Å². The minimum Gasteiger partial charge on any atom is -0.479 e. The first-order valence-electron chi connectivity index (χ1n) is 5.72. The Balaban J connectivity index is 2.29. The van der Waals surface area contributed by atoms with Crippen LogP contribution in [0.25, 0.3) is 0 Å². The molecule has 5 nitrogen and oxygen atoms in total. The summed E-state index contributed by atoms with van der Waals surface area (Å²) in [5.41, 5.74) is 1.89. The lowest BCUT2D eigenvalue weighted by molar-refractivity contribution is -0.138. The van der Waals surface area contributed by atoms with E-state index in [2.05, 4.69) is 10.4 Å². The number of rotatable bonds is 4. The van der Waals surface area contributed by atoms with Crippen molar-refractivity contribution < 1.29 is 14.3 Å². The molecule has 2 N–H and O–H groups in total. The number of hydrogen-bond donors (Lipinski definition) is 2. The number of carbonyl (C=O) groups is 1. The smallest absolute Gasteiger partial charge is 0.330 e. The Hall–Kier alpha value is -2.37. The summed E-state index contributed by atoms with van der Waals surface area (Å²) in [5, 5.41) is 16.2. The fourth-order valence-corrected chi connectivity index (χ4v) is 1.78. The lowest BCUT2D eigenvalue weighted by Gasteiger charge is -2.15. The van der Waals surface area contributed by atoms with Crippen LogP contribution in [0.1, 0.15) is 17.3 Å². The van der Waals surface area contributed by atoms with Gasteiger partial charge in [-0.3, -0.25) is 4.68 Å². The van der Waals surface area contributed by atoms with Crippen LogP contribution < -0.4 is 5.32 Å². The van der Waals surface area contributed by atoms with Crippen molar-refractivity contribution in [1.29, 1.82) is 0 Å². The predicted octanol–water partition coefficient (Wildman–Crippen LogP) is 2.11. The number of nitrogens with one attached hydrogen (secondary N) is 1. The van der Waals surface area contributed by atoms with E-state index in [0.29, 0.717) is 11.3 Å². The normalized spacial score (nSPS) is 12.2. The van der Waals surface area contributed by atoms with Gasteiger partial charge in [-0.1, -0.05) is 0 Å². The highest BCUT2D eigenvalue weighted by Crippen LogP contribution is 2.22. The van der Waals surface area contributed by atoms with E-state index < -0.39 is 12.0 Å². The van der Waals surface area contributed by atoms with Crippen LogP contribution in [0.3, 0.4) is 0 Å². The van der Waals surface area contributed by atoms with E-state index in [1.54, 1.807) is 18.7 Å². The summed E-state index contributed by atoms with van der Waals surface area (Å²) >= 11 is 0. The summed E-state index contributed by atoms with van der Waals surface area (Å²) in [6.07, 6.45) is 1.52. The van der Waals surface area contributed by atoms with Gasteiger partial charge in [0.15, 0.2) is 6.04 Å². The summed E-state index contributed by atoms with van der Waals surface area (Å²) in [4.78, 5) is 11.4. The van der Waals surface area contributed by atoms with Gasteiger partial charge < -0.3 is 10.4 Å². The van der Waals surface area contributed by atoms with Crippen LogP contribution in [0.4, 0.5) is 10.1 Å². The van der Waals surface area contributed by atoms with Crippen LogP contribution in [0, 0.1) is 12.7 Å². The van der Waals surface area contributed by atoms with Crippen LogP contribution in [-0.2, 0) is 11.8 Å².